The van der Waals surface area contributed by atoms with Crippen molar-refractivity contribution in [1.82, 2.24) is 0 Å². The lowest BCUT2D eigenvalue weighted by Crippen LogP contribution is -2.56. The standard InChI is InChI=1S/C20H28O3/c1-14-5-8-17-19(2,10-4-11-20(17,3)18(21)22)16(14)7-6-15-9-12-23-13-15/h9,12-13,16-17H,1,4-8,10-11H2,2-3H3,(H,21,22)/p-1/t16-,17+,19-,20+/m0/s1. The number of fused-ring (bicyclic) bond motifs is 1. The van der Waals surface area contributed by atoms with Crippen molar-refractivity contribution < 1.29 is 14.3 Å². The van der Waals surface area contributed by atoms with Gasteiger partial charge in [-0.05, 0) is 67.4 Å². The second-order valence-corrected chi connectivity index (χ2v) is 8.04. The SMILES string of the molecule is C=C1CC[C@@H]2[C@@](C)(CCC[C@@]2(C)C(=O)[O-])[C@H]1CCc1ccoc1. The van der Waals surface area contributed by atoms with Gasteiger partial charge in [-0.1, -0.05) is 32.4 Å². The Kier molecular flexibility index (Phi) is 4.16. The highest BCUT2D eigenvalue weighted by Gasteiger charge is 2.54. The Balaban J connectivity index is 1.86. The van der Waals surface area contributed by atoms with Crippen LogP contribution in [-0.4, -0.2) is 5.97 Å². The van der Waals surface area contributed by atoms with Gasteiger partial charge in [0, 0.05) is 11.4 Å². The maximum Gasteiger partial charge on any atom is 0.0934 e. The Bertz CT molecular complexity index is 588. The van der Waals surface area contributed by atoms with E-state index in [2.05, 4.69) is 13.5 Å². The molecule has 1 heterocycles. The van der Waals surface area contributed by atoms with Gasteiger partial charge in [-0.3, -0.25) is 0 Å². The van der Waals surface area contributed by atoms with Crippen LogP contribution in [0.3, 0.4) is 0 Å². The van der Waals surface area contributed by atoms with Crippen molar-refractivity contribution in [3.8, 4) is 0 Å². The summed E-state index contributed by atoms with van der Waals surface area (Å²) in [5.41, 5.74) is 1.84. The number of carboxylic acid groups (broad SMARTS) is 1. The van der Waals surface area contributed by atoms with E-state index in [4.69, 9.17) is 4.42 Å². The maximum absolute atomic E-state index is 11.9. The van der Waals surface area contributed by atoms with Crippen LogP contribution in [0, 0.1) is 22.7 Å². The lowest BCUT2D eigenvalue weighted by Gasteiger charge is -2.59. The Labute approximate surface area is 138 Å². The summed E-state index contributed by atoms with van der Waals surface area (Å²) in [6.45, 7) is 8.54. The predicted octanol–water partition coefficient (Wildman–Crippen LogP) is 3.74. The minimum atomic E-state index is -0.866. The quantitative estimate of drug-likeness (QED) is 0.795. The van der Waals surface area contributed by atoms with E-state index in [1.807, 2.05) is 13.0 Å². The highest BCUT2D eigenvalue weighted by molar-refractivity contribution is 5.72. The van der Waals surface area contributed by atoms with Crippen LogP contribution >= 0.6 is 0 Å². The minimum Gasteiger partial charge on any atom is -0.550 e. The molecule has 4 atom stereocenters. The molecule has 2 aliphatic carbocycles. The normalized spacial score (nSPS) is 37.4. The van der Waals surface area contributed by atoms with Crippen molar-refractivity contribution in [2.75, 3.05) is 0 Å². The fourth-order valence-electron chi connectivity index (χ4n) is 5.47. The molecule has 126 valence electrons. The molecule has 3 heteroatoms. The number of furan rings is 1. The molecule has 2 fully saturated rings. The molecule has 0 amide bonds. The third-order valence-corrected chi connectivity index (χ3v) is 6.79. The highest BCUT2D eigenvalue weighted by Crippen LogP contribution is 2.61. The van der Waals surface area contributed by atoms with E-state index < -0.39 is 11.4 Å². The average molecular weight is 315 g/mol. The zero-order valence-corrected chi connectivity index (χ0v) is 14.3. The van der Waals surface area contributed by atoms with Gasteiger partial charge in [-0.15, -0.1) is 0 Å². The fourth-order valence-corrected chi connectivity index (χ4v) is 5.47. The second-order valence-electron chi connectivity index (χ2n) is 8.04. The third-order valence-electron chi connectivity index (χ3n) is 6.79. The average Bonchev–Trinajstić information content (AvgIpc) is 2.99. The van der Waals surface area contributed by atoms with Crippen molar-refractivity contribution >= 4 is 5.97 Å². The summed E-state index contributed by atoms with van der Waals surface area (Å²) in [6, 6.07) is 2.01. The summed E-state index contributed by atoms with van der Waals surface area (Å²) in [5.74, 6) is -0.293. The number of carboxylic acids is 1. The van der Waals surface area contributed by atoms with Crippen molar-refractivity contribution in [2.45, 2.75) is 58.8 Å². The van der Waals surface area contributed by atoms with Crippen LogP contribution in [0.15, 0.2) is 35.2 Å². The van der Waals surface area contributed by atoms with Crippen LogP contribution in [-0.2, 0) is 11.2 Å². The molecule has 0 saturated heterocycles. The first-order valence-corrected chi connectivity index (χ1v) is 8.78. The number of aryl methyl sites for hydroxylation is 1. The first kappa shape index (κ1) is 16.4. The molecule has 1 aromatic heterocycles. The molecule has 2 saturated carbocycles. The number of hydrogen-bond donors (Lipinski definition) is 0. The number of carbonyl (C=O) groups is 1. The maximum atomic E-state index is 11.9. The predicted molar refractivity (Wildman–Crippen MR) is 87.5 cm³/mol. The van der Waals surface area contributed by atoms with Crippen molar-refractivity contribution in [2.24, 2.45) is 22.7 Å². The summed E-state index contributed by atoms with van der Waals surface area (Å²) >= 11 is 0. The van der Waals surface area contributed by atoms with Crippen molar-refractivity contribution in [1.29, 1.82) is 0 Å². The van der Waals surface area contributed by atoms with E-state index in [9.17, 15) is 9.90 Å². The number of aliphatic carboxylic acids is 1. The fraction of sp³-hybridized carbons (Fsp3) is 0.650. The Morgan fingerprint density at radius 3 is 2.87 bits per heavy atom. The van der Waals surface area contributed by atoms with Crippen molar-refractivity contribution in [3.63, 3.8) is 0 Å². The van der Waals surface area contributed by atoms with Gasteiger partial charge in [0.1, 0.15) is 0 Å². The van der Waals surface area contributed by atoms with Gasteiger partial charge in [0.15, 0.2) is 0 Å². The first-order chi connectivity index (χ1) is 10.9. The number of allylic oxidation sites excluding steroid dienone is 1. The first-order valence-electron chi connectivity index (χ1n) is 8.78. The molecule has 23 heavy (non-hydrogen) atoms. The molecule has 3 rings (SSSR count). The van der Waals surface area contributed by atoms with Gasteiger partial charge in [0.2, 0.25) is 0 Å². The van der Waals surface area contributed by atoms with Gasteiger partial charge in [-0.25, -0.2) is 0 Å². The van der Waals surface area contributed by atoms with Gasteiger partial charge in [0.05, 0.1) is 12.5 Å². The summed E-state index contributed by atoms with van der Waals surface area (Å²) in [6.07, 6.45) is 10.2. The van der Waals surface area contributed by atoms with E-state index >= 15 is 0 Å². The summed E-state index contributed by atoms with van der Waals surface area (Å²) in [5, 5.41) is 11.9. The van der Waals surface area contributed by atoms with Gasteiger partial charge >= 0.3 is 0 Å². The van der Waals surface area contributed by atoms with E-state index in [0.717, 1.165) is 44.9 Å². The van der Waals surface area contributed by atoms with Crippen LogP contribution in [0.2, 0.25) is 0 Å². The zero-order chi connectivity index (χ0) is 16.7. The molecule has 0 aliphatic heterocycles. The lowest BCUT2D eigenvalue weighted by molar-refractivity contribution is -0.326. The molecule has 0 aromatic carbocycles. The molecule has 0 bridgehead atoms. The van der Waals surface area contributed by atoms with E-state index in [0.29, 0.717) is 5.92 Å². The van der Waals surface area contributed by atoms with E-state index in [1.165, 1.54) is 11.1 Å². The van der Waals surface area contributed by atoms with E-state index in [-0.39, 0.29) is 11.3 Å². The molecular formula is C20H27O3-. The monoisotopic (exact) mass is 315 g/mol. The molecule has 3 nitrogen and oxygen atoms in total. The van der Waals surface area contributed by atoms with Crippen LogP contribution in [0.1, 0.15) is 57.9 Å². The van der Waals surface area contributed by atoms with Gasteiger partial charge < -0.3 is 14.3 Å². The third kappa shape index (κ3) is 2.64. The lowest BCUT2D eigenvalue weighted by atomic mass is 9.46. The summed E-state index contributed by atoms with van der Waals surface area (Å²) in [7, 11) is 0. The molecule has 0 radical (unpaired) electrons. The Morgan fingerprint density at radius 1 is 1.43 bits per heavy atom. The smallest absolute Gasteiger partial charge is 0.0934 e. The summed E-state index contributed by atoms with van der Waals surface area (Å²) in [4.78, 5) is 11.9. The summed E-state index contributed by atoms with van der Waals surface area (Å²) < 4.78 is 5.17. The molecular weight excluding hydrogens is 288 g/mol. The number of hydrogen-bond acceptors (Lipinski definition) is 3. The van der Waals surface area contributed by atoms with Gasteiger partial charge in [-0.2, -0.15) is 0 Å². The molecule has 1 aromatic rings. The Hall–Kier alpha value is -1.51. The van der Waals surface area contributed by atoms with Crippen LogP contribution in [0.5, 0.6) is 0 Å². The van der Waals surface area contributed by atoms with Gasteiger partial charge in [0.25, 0.3) is 0 Å². The number of carbonyl (C=O) groups excluding carboxylic acids is 1. The topological polar surface area (TPSA) is 53.3 Å². The molecule has 0 unspecified atom stereocenters. The number of rotatable bonds is 4. The zero-order valence-electron chi connectivity index (χ0n) is 14.3. The molecule has 0 N–H and O–H groups in total. The highest BCUT2D eigenvalue weighted by atomic mass is 16.4. The largest absolute Gasteiger partial charge is 0.550 e. The van der Waals surface area contributed by atoms with Crippen LogP contribution in [0.4, 0.5) is 0 Å². The second kappa shape index (κ2) is 5.85. The molecule has 2 aliphatic rings. The van der Waals surface area contributed by atoms with Crippen LogP contribution < -0.4 is 5.11 Å². The Morgan fingerprint density at radius 2 is 2.22 bits per heavy atom. The minimum absolute atomic E-state index is 0.0200. The molecule has 0 spiro atoms. The van der Waals surface area contributed by atoms with E-state index in [1.54, 1.807) is 12.5 Å². The van der Waals surface area contributed by atoms with Crippen LogP contribution in [0.25, 0.3) is 0 Å². The van der Waals surface area contributed by atoms with Crippen molar-refractivity contribution in [3.05, 3.63) is 36.3 Å².